The Balaban J connectivity index is 1.84. The first-order chi connectivity index (χ1) is 14.9. The van der Waals surface area contributed by atoms with Gasteiger partial charge >= 0.3 is 0 Å². The molecule has 2 bridgehead atoms. The van der Waals surface area contributed by atoms with E-state index in [0.717, 1.165) is 39.0 Å². The molecule has 0 atom stereocenters. The molecule has 2 saturated heterocycles. The van der Waals surface area contributed by atoms with Gasteiger partial charge in [0, 0.05) is 37.3 Å². The number of likely N-dealkylation sites (tertiary alicyclic amines) is 2. The average Bonchev–Trinajstić information content (AvgIpc) is 2.70. The Morgan fingerprint density at radius 1 is 0.625 bits per heavy atom. The van der Waals surface area contributed by atoms with Crippen LogP contribution in [0.2, 0.25) is 0 Å². The molecular weight excluding hydrogens is 392 g/mol. The van der Waals surface area contributed by atoms with E-state index in [-0.39, 0.29) is 11.1 Å². The molecule has 4 rings (SSSR count). The SMILES string of the molecule is CC(C)(C)N1CC2(Cc3ccccc3)CN(C(C)(C)C)CC(Cc3ccccc3)(C1)C2=O. The molecule has 2 aliphatic heterocycles. The lowest BCUT2D eigenvalue weighted by Gasteiger charge is -2.62. The fourth-order valence-electron chi connectivity index (χ4n) is 5.83. The van der Waals surface area contributed by atoms with E-state index in [4.69, 9.17) is 0 Å². The highest BCUT2D eigenvalue weighted by Gasteiger charge is 2.61. The first-order valence-electron chi connectivity index (χ1n) is 12.1. The number of hydrogen-bond acceptors (Lipinski definition) is 3. The van der Waals surface area contributed by atoms with Gasteiger partial charge in [-0.1, -0.05) is 60.7 Å². The molecule has 0 amide bonds. The van der Waals surface area contributed by atoms with Crippen LogP contribution >= 0.6 is 0 Å². The number of hydrogen-bond donors (Lipinski definition) is 0. The van der Waals surface area contributed by atoms with Crippen LogP contribution < -0.4 is 0 Å². The Kier molecular flexibility index (Phi) is 5.88. The molecule has 3 heteroatoms. The number of nitrogens with zero attached hydrogens (tertiary/aromatic N) is 2. The smallest absolute Gasteiger partial charge is 0.150 e. The van der Waals surface area contributed by atoms with Crippen LogP contribution in [0.15, 0.2) is 60.7 Å². The van der Waals surface area contributed by atoms with Gasteiger partial charge in [-0.15, -0.1) is 0 Å². The fraction of sp³-hybridized carbons (Fsp3) is 0.552. The van der Waals surface area contributed by atoms with E-state index in [2.05, 4.69) is 112 Å². The maximum absolute atomic E-state index is 14.6. The predicted octanol–water partition coefficient (Wildman–Crippen LogP) is 5.24. The van der Waals surface area contributed by atoms with Crippen LogP contribution in [0.25, 0.3) is 0 Å². The van der Waals surface area contributed by atoms with Crippen molar-refractivity contribution in [3.8, 4) is 0 Å². The highest BCUT2D eigenvalue weighted by Crippen LogP contribution is 2.49. The quantitative estimate of drug-likeness (QED) is 0.660. The number of piperidine rings is 2. The molecule has 0 aromatic heterocycles. The Morgan fingerprint density at radius 3 is 1.22 bits per heavy atom. The van der Waals surface area contributed by atoms with Crippen LogP contribution in [0, 0.1) is 10.8 Å². The molecule has 3 nitrogen and oxygen atoms in total. The number of rotatable bonds is 4. The molecule has 2 heterocycles. The highest BCUT2D eigenvalue weighted by atomic mass is 16.1. The van der Waals surface area contributed by atoms with E-state index in [1.807, 2.05) is 0 Å². The number of fused-ring (bicyclic) bond motifs is 2. The number of benzene rings is 2. The van der Waals surface area contributed by atoms with E-state index in [9.17, 15) is 4.79 Å². The molecule has 172 valence electrons. The minimum Gasteiger partial charge on any atom is -0.298 e. The number of carbonyl (C=O) groups is 1. The molecule has 0 saturated carbocycles. The third kappa shape index (κ3) is 4.43. The maximum atomic E-state index is 14.6. The van der Waals surface area contributed by atoms with E-state index in [1.54, 1.807) is 0 Å². The van der Waals surface area contributed by atoms with Gasteiger partial charge in [0.1, 0.15) is 0 Å². The van der Waals surface area contributed by atoms with Crippen molar-refractivity contribution in [2.45, 2.75) is 65.5 Å². The third-order valence-corrected chi connectivity index (χ3v) is 7.61. The van der Waals surface area contributed by atoms with Crippen LogP contribution in [0.1, 0.15) is 52.7 Å². The van der Waals surface area contributed by atoms with Crippen molar-refractivity contribution < 1.29 is 4.79 Å². The van der Waals surface area contributed by atoms with Crippen molar-refractivity contribution in [1.29, 1.82) is 0 Å². The topological polar surface area (TPSA) is 23.6 Å². The minimum atomic E-state index is -0.396. The lowest BCUT2D eigenvalue weighted by Crippen LogP contribution is -2.74. The van der Waals surface area contributed by atoms with Crippen molar-refractivity contribution in [3.05, 3.63) is 71.8 Å². The molecule has 0 radical (unpaired) electrons. The van der Waals surface area contributed by atoms with Crippen LogP contribution in [0.3, 0.4) is 0 Å². The fourth-order valence-corrected chi connectivity index (χ4v) is 5.83. The zero-order chi connectivity index (χ0) is 23.2. The summed E-state index contributed by atoms with van der Waals surface area (Å²) in [7, 11) is 0. The Bertz CT molecular complexity index is 847. The third-order valence-electron chi connectivity index (χ3n) is 7.61. The second-order valence-corrected chi connectivity index (χ2v) is 12.3. The first-order valence-corrected chi connectivity index (χ1v) is 12.1. The number of ketones is 1. The zero-order valence-electron chi connectivity index (χ0n) is 20.8. The van der Waals surface area contributed by atoms with Crippen molar-refractivity contribution in [2.75, 3.05) is 26.2 Å². The Morgan fingerprint density at radius 2 is 0.938 bits per heavy atom. The van der Waals surface area contributed by atoms with Gasteiger partial charge in [-0.05, 0) is 65.5 Å². The standard InChI is InChI=1S/C29H40N2O/c1-26(2,3)30-19-28(17-23-13-9-7-10-14-23)21-31(27(4,5)6)22-29(20-30,25(28)32)18-24-15-11-8-12-16-24/h7-16H,17-22H2,1-6H3. The van der Waals surface area contributed by atoms with Crippen LogP contribution in [0.4, 0.5) is 0 Å². The molecule has 2 aliphatic rings. The summed E-state index contributed by atoms with van der Waals surface area (Å²) in [6.45, 7) is 17.1. The van der Waals surface area contributed by atoms with E-state index >= 15 is 0 Å². The molecular formula is C29H40N2O. The van der Waals surface area contributed by atoms with Gasteiger partial charge < -0.3 is 0 Å². The van der Waals surface area contributed by atoms with E-state index in [0.29, 0.717) is 5.78 Å². The zero-order valence-corrected chi connectivity index (χ0v) is 20.8. The Hall–Kier alpha value is -1.97. The van der Waals surface area contributed by atoms with Gasteiger partial charge in [0.2, 0.25) is 0 Å². The summed E-state index contributed by atoms with van der Waals surface area (Å²) in [4.78, 5) is 19.7. The molecule has 2 aromatic carbocycles. The predicted molar refractivity (Wildman–Crippen MR) is 133 cm³/mol. The average molecular weight is 433 g/mol. The molecule has 0 aliphatic carbocycles. The summed E-state index contributed by atoms with van der Waals surface area (Å²) < 4.78 is 0. The molecule has 0 spiro atoms. The summed E-state index contributed by atoms with van der Waals surface area (Å²) in [6, 6.07) is 21.3. The van der Waals surface area contributed by atoms with Gasteiger partial charge in [-0.3, -0.25) is 14.6 Å². The summed E-state index contributed by atoms with van der Waals surface area (Å²) in [5, 5.41) is 0. The molecule has 2 aromatic rings. The normalized spacial score (nSPS) is 27.5. The van der Waals surface area contributed by atoms with Crippen molar-refractivity contribution in [2.24, 2.45) is 10.8 Å². The lowest BCUT2D eigenvalue weighted by molar-refractivity contribution is -0.171. The lowest BCUT2D eigenvalue weighted by atomic mass is 9.57. The largest absolute Gasteiger partial charge is 0.298 e. The molecule has 0 unspecified atom stereocenters. The second-order valence-electron chi connectivity index (χ2n) is 12.3. The maximum Gasteiger partial charge on any atom is 0.150 e. The van der Waals surface area contributed by atoms with Gasteiger partial charge in [0.05, 0.1) is 10.8 Å². The van der Waals surface area contributed by atoms with Gasteiger partial charge in [0.15, 0.2) is 5.78 Å². The van der Waals surface area contributed by atoms with Crippen molar-refractivity contribution in [1.82, 2.24) is 9.80 Å². The molecule has 32 heavy (non-hydrogen) atoms. The molecule has 0 N–H and O–H groups in total. The minimum absolute atomic E-state index is 0.0223. The molecule has 2 fully saturated rings. The van der Waals surface area contributed by atoms with Crippen LogP contribution in [-0.2, 0) is 17.6 Å². The van der Waals surface area contributed by atoms with Crippen molar-refractivity contribution >= 4 is 5.78 Å². The summed E-state index contributed by atoms with van der Waals surface area (Å²) >= 11 is 0. The first kappa shape index (κ1) is 23.2. The highest BCUT2D eigenvalue weighted by molar-refractivity contribution is 5.93. The number of Topliss-reactive ketones (excluding diaryl/α,β-unsaturated/α-hetero) is 1. The van der Waals surface area contributed by atoms with Crippen LogP contribution in [0.5, 0.6) is 0 Å². The van der Waals surface area contributed by atoms with Crippen LogP contribution in [-0.4, -0.2) is 52.8 Å². The monoisotopic (exact) mass is 432 g/mol. The van der Waals surface area contributed by atoms with Crippen molar-refractivity contribution in [3.63, 3.8) is 0 Å². The summed E-state index contributed by atoms with van der Waals surface area (Å²) in [5.74, 6) is 0.485. The van der Waals surface area contributed by atoms with Gasteiger partial charge in [-0.25, -0.2) is 0 Å². The summed E-state index contributed by atoms with van der Waals surface area (Å²) in [5.41, 5.74) is 1.78. The Labute approximate surface area is 194 Å². The summed E-state index contributed by atoms with van der Waals surface area (Å²) in [6.07, 6.45) is 1.62. The second kappa shape index (κ2) is 8.11. The van der Waals surface area contributed by atoms with E-state index < -0.39 is 10.8 Å². The van der Waals surface area contributed by atoms with E-state index in [1.165, 1.54) is 11.1 Å². The van der Waals surface area contributed by atoms with Gasteiger partial charge in [-0.2, -0.15) is 0 Å². The number of carbonyl (C=O) groups excluding carboxylic acids is 1. The van der Waals surface area contributed by atoms with Gasteiger partial charge in [0.25, 0.3) is 0 Å².